The van der Waals surface area contributed by atoms with Gasteiger partial charge >= 0.3 is 5.97 Å². The van der Waals surface area contributed by atoms with Gasteiger partial charge in [-0.25, -0.2) is 4.79 Å². The number of carbonyl (C=O) groups is 1. The maximum absolute atomic E-state index is 11.6. The monoisotopic (exact) mass is 281 g/mol. The summed E-state index contributed by atoms with van der Waals surface area (Å²) in [4.78, 5) is 11.6. The number of para-hydroxylation sites is 1. The van der Waals surface area contributed by atoms with Crippen molar-refractivity contribution in [3.63, 3.8) is 0 Å². The van der Waals surface area contributed by atoms with Crippen LogP contribution in [0.1, 0.15) is 26.3 Å². The van der Waals surface area contributed by atoms with Crippen molar-refractivity contribution in [1.82, 2.24) is 5.32 Å². The molecule has 0 aliphatic heterocycles. The van der Waals surface area contributed by atoms with Crippen molar-refractivity contribution in [2.24, 2.45) is 0 Å². The van der Waals surface area contributed by atoms with E-state index in [1.54, 1.807) is 13.8 Å². The van der Waals surface area contributed by atoms with E-state index < -0.39 is 0 Å². The summed E-state index contributed by atoms with van der Waals surface area (Å²) >= 11 is 0. The number of hydrogen-bond donors (Lipinski definition) is 1. The first-order valence-electron chi connectivity index (χ1n) is 6.80. The van der Waals surface area contributed by atoms with Crippen LogP contribution in [-0.4, -0.2) is 32.3 Å². The zero-order chi connectivity index (χ0) is 15.0. The van der Waals surface area contributed by atoms with Crippen molar-refractivity contribution in [3.8, 4) is 11.5 Å². The molecule has 1 aromatic carbocycles. The summed E-state index contributed by atoms with van der Waals surface area (Å²) in [6.45, 7) is 6.56. The third-order valence-corrected chi connectivity index (χ3v) is 2.43. The molecule has 1 N–H and O–H groups in total. The number of carbonyl (C=O) groups excluding carboxylic acids is 1. The van der Waals surface area contributed by atoms with Crippen LogP contribution in [0, 0.1) is 0 Å². The molecule has 0 amide bonds. The van der Waals surface area contributed by atoms with E-state index in [4.69, 9.17) is 14.2 Å². The van der Waals surface area contributed by atoms with Gasteiger partial charge in [-0.05, 0) is 33.9 Å². The van der Waals surface area contributed by atoms with E-state index in [0.29, 0.717) is 24.7 Å². The molecule has 0 bridgehead atoms. The van der Waals surface area contributed by atoms with Crippen molar-refractivity contribution in [3.05, 3.63) is 23.8 Å². The number of esters is 1. The minimum absolute atomic E-state index is 0.126. The molecule has 1 aromatic rings. The molecule has 1 rings (SSSR count). The fourth-order valence-electron chi connectivity index (χ4n) is 1.75. The van der Waals surface area contributed by atoms with Gasteiger partial charge < -0.3 is 19.5 Å². The van der Waals surface area contributed by atoms with Gasteiger partial charge in [-0.3, -0.25) is 0 Å². The van der Waals surface area contributed by atoms with Crippen molar-refractivity contribution >= 4 is 5.97 Å². The van der Waals surface area contributed by atoms with Gasteiger partial charge in [-0.15, -0.1) is 0 Å². The number of benzene rings is 1. The van der Waals surface area contributed by atoms with Crippen LogP contribution in [0.3, 0.4) is 0 Å². The van der Waals surface area contributed by atoms with Crippen LogP contribution in [-0.2, 0) is 16.1 Å². The van der Waals surface area contributed by atoms with Crippen molar-refractivity contribution in [1.29, 1.82) is 0 Å². The quantitative estimate of drug-likeness (QED) is 0.740. The van der Waals surface area contributed by atoms with Crippen LogP contribution in [0.25, 0.3) is 0 Å². The molecule has 0 spiro atoms. The van der Waals surface area contributed by atoms with Crippen molar-refractivity contribution in [2.75, 3.05) is 20.3 Å². The molecule has 0 heterocycles. The minimum atomic E-state index is -0.387. The van der Waals surface area contributed by atoms with Crippen LogP contribution >= 0.6 is 0 Å². The molecule has 0 radical (unpaired) electrons. The molecule has 0 saturated heterocycles. The normalized spacial score (nSPS) is 10.4. The molecule has 0 fully saturated rings. The van der Waals surface area contributed by atoms with E-state index in [9.17, 15) is 4.79 Å². The average molecular weight is 281 g/mol. The standard InChI is InChI=1S/C15H23NO4/c1-5-18-13-8-6-7-12(9-16-4)15(13)19-10-14(17)20-11(2)3/h6-8,11,16H,5,9-10H2,1-4H3. The van der Waals surface area contributed by atoms with Crippen LogP contribution in [0.15, 0.2) is 18.2 Å². The minimum Gasteiger partial charge on any atom is -0.490 e. The molecule has 20 heavy (non-hydrogen) atoms. The van der Waals surface area contributed by atoms with Crippen LogP contribution < -0.4 is 14.8 Å². The molecule has 5 nitrogen and oxygen atoms in total. The number of hydrogen-bond acceptors (Lipinski definition) is 5. The Hall–Kier alpha value is -1.75. The molecule has 0 aliphatic rings. The summed E-state index contributed by atoms with van der Waals surface area (Å²) in [5, 5.41) is 3.06. The lowest BCUT2D eigenvalue weighted by Gasteiger charge is -2.16. The van der Waals surface area contributed by atoms with E-state index in [1.165, 1.54) is 0 Å². The van der Waals surface area contributed by atoms with Gasteiger partial charge in [0, 0.05) is 12.1 Å². The largest absolute Gasteiger partial charge is 0.490 e. The Labute approximate surface area is 120 Å². The first kappa shape index (κ1) is 16.3. The Morgan fingerprint density at radius 2 is 2.05 bits per heavy atom. The van der Waals surface area contributed by atoms with Gasteiger partial charge in [0.25, 0.3) is 0 Å². The van der Waals surface area contributed by atoms with E-state index in [-0.39, 0.29) is 18.7 Å². The van der Waals surface area contributed by atoms with E-state index in [2.05, 4.69) is 5.32 Å². The van der Waals surface area contributed by atoms with E-state index >= 15 is 0 Å². The second kappa shape index (κ2) is 8.43. The predicted molar refractivity (Wildman–Crippen MR) is 77.1 cm³/mol. The lowest BCUT2D eigenvalue weighted by molar-refractivity contribution is -0.149. The van der Waals surface area contributed by atoms with Gasteiger partial charge in [-0.2, -0.15) is 0 Å². The number of ether oxygens (including phenoxy) is 3. The molecular weight excluding hydrogens is 258 g/mol. The highest BCUT2D eigenvalue weighted by Gasteiger charge is 2.13. The average Bonchev–Trinajstić information content (AvgIpc) is 2.38. The Balaban J connectivity index is 2.81. The first-order valence-corrected chi connectivity index (χ1v) is 6.80. The highest BCUT2D eigenvalue weighted by Crippen LogP contribution is 2.31. The van der Waals surface area contributed by atoms with Gasteiger partial charge in [0.1, 0.15) is 0 Å². The zero-order valence-corrected chi connectivity index (χ0v) is 12.6. The summed E-state index contributed by atoms with van der Waals surface area (Å²) in [6.07, 6.45) is -0.148. The van der Waals surface area contributed by atoms with Gasteiger partial charge in [0.15, 0.2) is 18.1 Å². The Morgan fingerprint density at radius 1 is 1.30 bits per heavy atom. The van der Waals surface area contributed by atoms with Gasteiger partial charge in [-0.1, -0.05) is 12.1 Å². The van der Waals surface area contributed by atoms with Crippen LogP contribution in [0.5, 0.6) is 11.5 Å². The SMILES string of the molecule is CCOc1cccc(CNC)c1OCC(=O)OC(C)C. The fourth-order valence-corrected chi connectivity index (χ4v) is 1.75. The summed E-state index contributed by atoms with van der Waals surface area (Å²) in [6, 6.07) is 5.66. The number of rotatable bonds is 8. The van der Waals surface area contributed by atoms with Crippen LogP contribution in [0.2, 0.25) is 0 Å². The molecular formula is C15H23NO4. The summed E-state index contributed by atoms with van der Waals surface area (Å²) in [5.41, 5.74) is 0.941. The smallest absolute Gasteiger partial charge is 0.344 e. The lowest BCUT2D eigenvalue weighted by Crippen LogP contribution is -2.20. The predicted octanol–water partition coefficient (Wildman–Crippen LogP) is 2.14. The molecule has 0 unspecified atom stereocenters. The highest BCUT2D eigenvalue weighted by molar-refractivity contribution is 5.71. The van der Waals surface area contributed by atoms with Crippen LogP contribution in [0.4, 0.5) is 0 Å². The maximum Gasteiger partial charge on any atom is 0.344 e. The Bertz CT molecular complexity index is 408. The second-order valence-electron chi connectivity index (χ2n) is 4.54. The molecule has 5 heteroatoms. The van der Waals surface area contributed by atoms with Crippen molar-refractivity contribution in [2.45, 2.75) is 33.4 Å². The summed E-state index contributed by atoms with van der Waals surface area (Å²) in [7, 11) is 1.85. The van der Waals surface area contributed by atoms with Crippen molar-refractivity contribution < 1.29 is 19.0 Å². The molecule has 0 aliphatic carbocycles. The number of nitrogens with one attached hydrogen (secondary N) is 1. The first-order chi connectivity index (χ1) is 9.58. The zero-order valence-electron chi connectivity index (χ0n) is 12.6. The molecule has 0 atom stereocenters. The van der Waals surface area contributed by atoms with E-state index in [1.807, 2.05) is 32.2 Å². The summed E-state index contributed by atoms with van der Waals surface area (Å²) < 4.78 is 16.2. The van der Waals surface area contributed by atoms with Gasteiger partial charge in [0.05, 0.1) is 12.7 Å². The topological polar surface area (TPSA) is 56.8 Å². The summed E-state index contributed by atoms with van der Waals surface area (Å²) in [5.74, 6) is 0.837. The third-order valence-electron chi connectivity index (χ3n) is 2.43. The second-order valence-corrected chi connectivity index (χ2v) is 4.54. The molecule has 112 valence electrons. The highest BCUT2D eigenvalue weighted by atomic mass is 16.6. The third kappa shape index (κ3) is 5.09. The molecule has 0 saturated carbocycles. The van der Waals surface area contributed by atoms with E-state index in [0.717, 1.165) is 5.56 Å². The fraction of sp³-hybridized carbons (Fsp3) is 0.533. The maximum atomic E-state index is 11.6. The Morgan fingerprint density at radius 3 is 2.65 bits per heavy atom. The van der Waals surface area contributed by atoms with Gasteiger partial charge in [0.2, 0.25) is 0 Å². The lowest BCUT2D eigenvalue weighted by atomic mass is 10.2. The Kier molecular flexibility index (Phi) is 6.87. The molecule has 0 aromatic heterocycles.